The van der Waals surface area contributed by atoms with E-state index in [4.69, 9.17) is 0 Å². The van der Waals surface area contributed by atoms with E-state index >= 15 is 0 Å². The van der Waals surface area contributed by atoms with Crippen molar-refractivity contribution in [3.8, 4) is 0 Å². The van der Waals surface area contributed by atoms with Crippen molar-refractivity contribution < 1.29 is 9.90 Å². The van der Waals surface area contributed by atoms with Gasteiger partial charge < -0.3 is 10.0 Å². The molecule has 22 heavy (non-hydrogen) atoms. The predicted octanol–water partition coefficient (Wildman–Crippen LogP) is 1.63. The Hall–Kier alpha value is -1.39. The highest BCUT2D eigenvalue weighted by atomic mass is 16.3. The van der Waals surface area contributed by atoms with E-state index < -0.39 is 0 Å². The summed E-state index contributed by atoms with van der Waals surface area (Å²) in [6.07, 6.45) is 2.88. The Kier molecular flexibility index (Phi) is 4.79. The molecule has 2 aliphatic rings. The number of hydrogen-bond donors (Lipinski definition) is 1. The van der Waals surface area contributed by atoms with Crippen LogP contribution in [0.25, 0.3) is 0 Å². The van der Waals surface area contributed by atoms with Crippen molar-refractivity contribution in [2.24, 2.45) is 0 Å². The summed E-state index contributed by atoms with van der Waals surface area (Å²) in [5.41, 5.74) is 2.59. The van der Waals surface area contributed by atoms with Crippen molar-refractivity contribution in [1.29, 1.82) is 0 Å². The number of hydrogen-bond acceptors (Lipinski definition) is 3. The largest absolute Gasteiger partial charge is 0.392 e. The number of carbonyl (C=O) groups excluding carboxylic acids is 1. The second kappa shape index (κ2) is 6.80. The molecule has 1 N–H and O–H groups in total. The quantitative estimate of drug-likeness (QED) is 0.923. The van der Waals surface area contributed by atoms with E-state index in [0.717, 1.165) is 45.4 Å². The van der Waals surface area contributed by atoms with Crippen molar-refractivity contribution in [3.63, 3.8) is 0 Å². The van der Waals surface area contributed by atoms with Crippen molar-refractivity contribution in [2.75, 3.05) is 32.7 Å². The molecule has 0 aromatic heterocycles. The zero-order valence-corrected chi connectivity index (χ0v) is 13.4. The minimum atomic E-state index is -0.299. The van der Waals surface area contributed by atoms with Gasteiger partial charge in [0.1, 0.15) is 0 Å². The van der Waals surface area contributed by atoms with Crippen LogP contribution in [0.4, 0.5) is 0 Å². The van der Waals surface area contributed by atoms with Crippen LogP contribution in [-0.4, -0.2) is 59.6 Å². The van der Waals surface area contributed by atoms with Gasteiger partial charge in [0.2, 0.25) is 5.91 Å². The highest BCUT2D eigenvalue weighted by Crippen LogP contribution is 2.33. The van der Waals surface area contributed by atoms with Crippen LogP contribution in [0.1, 0.15) is 36.8 Å². The molecular formula is C18H26N2O2. The first-order valence-corrected chi connectivity index (χ1v) is 8.42. The first-order chi connectivity index (χ1) is 10.6. The lowest BCUT2D eigenvalue weighted by Crippen LogP contribution is -2.51. The number of amides is 1. The van der Waals surface area contributed by atoms with Crippen LogP contribution in [0.15, 0.2) is 24.3 Å². The lowest BCUT2D eigenvalue weighted by molar-refractivity contribution is -0.135. The molecule has 0 spiro atoms. The van der Waals surface area contributed by atoms with Gasteiger partial charge in [-0.15, -0.1) is 0 Å². The zero-order chi connectivity index (χ0) is 15.5. The van der Waals surface area contributed by atoms with Crippen molar-refractivity contribution in [2.45, 2.75) is 38.2 Å². The number of piperazine rings is 1. The number of nitrogens with zero attached hydrogens (tertiary/aromatic N) is 2. The van der Waals surface area contributed by atoms with Gasteiger partial charge in [-0.05, 0) is 37.3 Å². The van der Waals surface area contributed by atoms with Crippen LogP contribution in [0.2, 0.25) is 0 Å². The number of rotatable bonds is 3. The molecule has 1 aliphatic heterocycles. The monoisotopic (exact) mass is 302 g/mol. The van der Waals surface area contributed by atoms with Gasteiger partial charge in [0, 0.05) is 32.7 Å². The maximum Gasteiger partial charge on any atom is 0.230 e. The fraction of sp³-hybridized carbons (Fsp3) is 0.611. The Bertz CT molecular complexity index is 522. The first-order valence-electron chi connectivity index (χ1n) is 8.42. The zero-order valence-electron chi connectivity index (χ0n) is 13.4. The second-order valence-corrected chi connectivity index (χ2v) is 6.62. The smallest absolute Gasteiger partial charge is 0.230 e. The van der Waals surface area contributed by atoms with Gasteiger partial charge in [-0.3, -0.25) is 9.69 Å². The standard InChI is InChI=1S/C18H26N2O2/c1-14(21)13-19-9-11-20(12-10-19)18(22)17-8-4-6-15-5-2-3-7-16(15)17/h2-3,5,7,14,17,21H,4,6,8-13H2,1H3. The maximum atomic E-state index is 12.9. The topological polar surface area (TPSA) is 43.8 Å². The molecule has 2 atom stereocenters. The number of β-amino-alcohol motifs (C(OH)–C–C–N with tert-alkyl or cyclic N) is 1. The molecule has 1 aromatic carbocycles. The van der Waals surface area contributed by atoms with E-state index in [2.05, 4.69) is 23.1 Å². The van der Waals surface area contributed by atoms with E-state index in [-0.39, 0.29) is 12.0 Å². The Morgan fingerprint density at radius 3 is 2.73 bits per heavy atom. The number of aliphatic hydroxyl groups excluding tert-OH is 1. The molecule has 0 radical (unpaired) electrons. The van der Waals surface area contributed by atoms with Crippen LogP contribution in [-0.2, 0) is 11.2 Å². The Morgan fingerprint density at radius 2 is 2.00 bits per heavy atom. The van der Waals surface area contributed by atoms with Crippen molar-refractivity contribution in [1.82, 2.24) is 9.80 Å². The third-order valence-corrected chi connectivity index (χ3v) is 4.87. The Balaban J connectivity index is 1.64. The number of carbonyl (C=O) groups is 1. The molecule has 1 heterocycles. The number of fused-ring (bicyclic) bond motifs is 1. The number of aryl methyl sites for hydroxylation is 1. The van der Waals surface area contributed by atoms with Crippen molar-refractivity contribution >= 4 is 5.91 Å². The lowest BCUT2D eigenvalue weighted by Gasteiger charge is -2.38. The normalized spacial score (nSPS) is 23.9. The molecule has 2 unspecified atom stereocenters. The molecule has 1 amide bonds. The molecule has 120 valence electrons. The van der Waals surface area contributed by atoms with Gasteiger partial charge in [0.15, 0.2) is 0 Å². The van der Waals surface area contributed by atoms with Crippen molar-refractivity contribution in [3.05, 3.63) is 35.4 Å². The molecule has 4 heteroatoms. The average Bonchev–Trinajstić information content (AvgIpc) is 2.54. The molecule has 0 bridgehead atoms. The molecule has 1 aromatic rings. The summed E-state index contributed by atoms with van der Waals surface area (Å²) >= 11 is 0. The summed E-state index contributed by atoms with van der Waals surface area (Å²) < 4.78 is 0. The van der Waals surface area contributed by atoms with E-state index in [0.29, 0.717) is 12.5 Å². The molecule has 1 fully saturated rings. The molecule has 1 saturated heterocycles. The van der Waals surface area contributed by atoms with Gasteiger partial charge in [-0.1, -0.05) is 24.3 Å². The average molecular weight is 302 g/mol. The molecule has 3 rings (SSSR count). The van der Waals surface area contributed by atoms with Gasteiger partial charge in [0.25, 0.3) is 0 Å². The summed E-state index contributed by atoms with van der Waals surface area (Å²) in [5, 5.41) is 9.47. The SMILES string of the molecule is CC(O)CN1CCN(C(=O)C2CCCc3ccccc32)CC1. The Morgan fingerprint density at radius 1 is 1.27 bits per heavy atom. The second-order valence-electron chi connectivity index (χ2n) is 6.62. The highest BCUT2D eigenvalue weighted by molar-refractivity contribution is 5.84. The van der Waals surface area contributed by atoms with E-state index in [1.165, 1.54) is 11.1 Å². The number of aliphatic hydroxyl groups is 1. The summed E-state index contributed by atoms with van der Waals surface area (Å²) in [7, 11) is 0. The molecule has 0 saturated carbocycles. The highest BCUT2D eigenvalue weighted by Gasteiger charge is 2.31. The minimum Gasteiger partial charge on any atom is -0.392 e. The minimum absolute atomic E-state index is 0.0493. The molecular weight excluding hydrogens is 276 g/mol. The summed E-state index contributed by atoms with van der Waals surface area (Å²) in [5.74, 6) is 0.345. The van der Waals surface area contributed by atoms with Crippen LogP contribution < -0.4 is 0 Å². The van der Waals surface area contributed by atoms with E-state index in [9.17, 15) is 9.90 Å². The van der Waals surface area contributed by atoms with Gasteiger partial charge in [-0.2, -0.15) is 0 Å². The summed E-state index contributed by atoms with van der Waals surface area (Å²) in [6, 6.07) is 8.40. The fourth-order valence-electron chi connectivity index (χ4n) is 3.76. The number of benzene rings is 1. The van der Waals surface area contributed by atoms with Gasteiger partial charge in [-0.25, -0.2) is 0 Å². The van der Waals surface area contributed by atoms with Gasteiger partial charge in [0.05, 0.1) is 12.0 Å². The lowest BCUT2D eigenvalue weighted by atomic mass is 9.82. The van der Waals surface area contributed by atoms with Gasteiger partial charge >= 0.3 is 0 Å². The van der Waals surface area contributed by atoms with Crippen LogP contribution >= 0.6 is 0 Å². The van der Waals surface area contributed by atoms with Crippen LogP contribution in [0.3, 0.4) is 0 Å². The third-order valence-electron chi connectivity index (χ3n) is 4.87. The Labute approximate surface area is 132 Å². The van der Waals surface area contributed by atoms with E-state index in [1.807, 2.05) is 17.9 Å². The molecule has 1 aliphatic carbocycles. The predicted molar refractivity (Wildman–Crippen MR) is 86.8 cm³/mol. The van der Waals surface area contributed by atoms with Crippen LogP contribution in [0, 0.1) is 0 Å². The fourth-order valence-corrected chi connectivity index (χ4v) is 3.76. The third kappa shape index (κ3) is 3.33. The first kappa shape index (κ1) is 15.5. The van der Waals surface area contributed by atoms with E-state index in [1.54, 1.807) is 0 Å². The summed E-state index contributed by atoms with van der Waals surface area (Å²) in [4.78, 5) is 17.2. The summed E-state index contributed by atoms with van der Waals surface area (Å²) in [6.45, 7) is 5.81. The van der Waals surface area contributed by atoms with Crippen LogP contribution in [0.5, 0.6) is 0 Å². The maximum absolute atomic E-state index is 12.9. The molecule has 4 nitrogen and oxygen atoms in total.